The lowest BCUT2D eigenvalue weighted by atomic mass is 9.61. The van der Waals surface area contributed by atoms with E-state index < -0.39 is 161 Å². The largest absolute Gasteiger partial charge is 0.466 e. The first-order valence-electron chi connectivity index (χ1n) is 30.4. The summed E-state index contributed by atoms with van der Waals surface area (Å²) in [5.74, 6) is -24.0. The van der Waals surface area contributed by atoms with Gasteiger partial charge in [-0.1, -0.05) is 17.7 Å². The number of halogens is 4. The van der Waals surface area contributed by atoms with Crippen LogP contribution in [0.5, 0.6) is 0 Å². The number of nitrogens with zero attached hydrogens (tertiary/aromatic N) is 7. The first kappa shape index (κ1) is 32.8. The Bertz CT molecular complexity index is 4090. The van der Waals surface area contributed by atoms with E-state index >= 15 is 8.78 Å². The molecule has 0 spiro atoms. The average molecular weight is 1030 g/mol. The molecule has 6 heterocycles. The average Bonchev–Trinajstić information content (AvgIpc) is 1.11. The first-order chi connectivity index (χ1) is 40.9. The molecule has 16 nitrogen and oxygen atoms in total. The van der Waals surface area contributed by atoms with E-state index in [4.69, 9.17) is 30.0 Å². The molecule has 0 saturated heterocycles. The molecule has 6 fully saturated rings. The fourth-order valence-electron chi connectivity index (χ4n) is 8.46. The van der Waals surface area contributed by atoms with Crippen LogP contribution < -0.4 is 10.6 Å². The molecule has 6 saturated carbocycles. The third-order valence-electron chi connectivity index (χ3n) is 11.9. The van der Waals surface area contributed by atoms with Crippen molar-refractivity contribution >= 4 is 55.7 Å². The van der Waals surface area contributed by atoms with Gasteiger partial charge >= 0.3 is 11.9 Å². The van der Waals surface area contributed by atoms with Crippen LogP contribution in [0.3, 0.4) is 0 Å². The van der Waals surface area contributed by atoms with E-state index in [9.17, 15) is 28.2 Å². The Morgan fingerprint density at radius 1 is 0.722 bits per heavy atom. The molecule has 0 radical (unpaired) electrons. The standard InChI is InChI=1S/C29H29F2N5O4S.C22H23F2N5O2/c1-3-40-29(37)24-17-6-8-18(9-7-17)25(24)34-27-23(31)14-32-26(35-27)22-15-36(28-21(22)12-19(30)13-33-28)41(38,39)20-10-4-16(2)5-11-20;1-2-31-22(30)17-11-3-5-12(6-4-11)18(17)28-21-16(24)10-27-20(29-21)15-9-26-19-14(15)7-13(23)8-25-19/h4-5,10-15,17-18,24-25H,3,6-9H2,1-2H3,(H,32,34,35);7-12,17-18H,2-6H2,1H3,(H,25,26)(H,27,28,29)/t17?,18?,24-,25-;11?,12?,17-,18-/m00/s1/i6D,7D2,8D,9D2,17D,18D;3D,4D2,5D,6D2,11D,12D/t6?,8?,17?,18?,24-,25-;3?,5?,11?,12?,17-,18-. The predicted molar refractivity (Wildman–Crippen MR) is 257 cm³/mol. The van der Waals surface area contributed by atoms with Crippen LogP contribution in [0.1, 0.15) is 92.4 Å². The maximum absolute atomic E-state index is 15.5. The van der Waals surface area contributed by atoms with Crippen molar-refractivity contribution in [2.75, 3.05) is 23.8 Å². The van der Waals surface area contributed by atoms with Gasteiger partial charge in [-0.15, -0.1) is 0 Å². The van der Waals surface area contributed by atoms with Gasteiger partial charge < -0.3 is 25.1 Å². The summed E-state index contributed by atoms with van der Waals surface area (Å²) in [6.07, 6.45) is -15.7. The second-order valence-electron chi connectivity index (χ2n) is 16.4. The summed E-state index contributed by atoms with van der Waals surface area (Å²) in [5, 5.41) is 5.13. The third kappa shape index (κ3) is 9.22. The molecule has 12 atom stereocenters. The summed E-state index contributed by atoms with van der Waals surface area (Å²) in [6.45, 7) is 4.16. The summed E-state index contributed by atoms with van der Waals surface area (Å²) >= 11 is 0. The van der Waals surface area contributed by atoms with Crippen LogP contribution in [0.25, 0.3) is 44.8 Å². The Morgan fingerprint density at radius 3 is 1.78 bits per heavy atom. The molecule has 0 aliphatic heterocycles. The molecule has 6 aliphatic carbocycles. The van der Waals surface area contributed by atoms with E-state index in [0.29, 0.717) is 6.20 Å². The van der Waals surface area contributed by atoms with Crippen LogP contribution >= 0.6 is 0 Å². The Morgan fingerprint density at radius 2 is 1.22 bits per heavy atom. The van der Waals surface area contributed by atoms with E-state index in [1.54, 1.807) is 19.1 Å². The van der Waals surface area contributed by atoms with Gasteiger partial charge in [0.2, 0.25) is 0 Å². The number of aromatic nitrogens is 8. The number of nitrogens with one attached hydrogen (secondary N) is 3. The lowest BCUT2D eigenvalue weighted by molar-refractivity contribution is -0.155. The van der Waals surface area contributed by atoms with E-state index in [-0.39, 0.29) is 57.1 Å². The normalized spacial score (nSPS) is 37.6. The minimum atomic E-state index is -4.33. The zero-order valence-corrected chi connectivity index (χ0v) is 38.8. The highest BCUT2D eigenvalue weighted by Crippen LogP contribution is 2.48. The second-order valence-corrected chi connectivity index (χ2v) is 18.2. The molecule has 21 heteroatoms. The highest BCUT2D eigenvalue weighted by molar-refractivity contribution is 7.90. The molecule has 376 valence electrons. The van der Waals surface area contributed by atoms with Gasteiger partial charge in [-0.2, -0.15) is 0 Å². The van der Waals surface area contributed by atoms with Crippen molar-refractivity contribution < 1.29 is 67.0 Å². The minimum absolute atomic E-state index is 0.0933. The summed E-state index contributed by atoms with van der Waals surface area (Å²) in [5.41, 5.74) is 0.943. The number of benzene rings is 1. The monoisotopic (exact) mass is 1020 g/mol. The lowest BCUT2D eigenvalue weighted by Gasteiger charge is -2.47. The molecule has 7 aromatic rings. The first-order valence-corrected chi connectivity index (χ1v) is 23.6. The molecule has 3 N–H and O–H groups in total. The number of H-pyrrole nitrogens is 1. The maximum atomic E-state index is 15.5. The molecule has 6 aliphatic rings. The van der Waals surface area contributed by atoms with Crippen LogP contribution in [0.2, 0.25) is 0 Å². The predicted octanol–water partition coefficient (Wildman–Crippen LogP) is 9.17. The van der Waals surface area contributed by atoms with Crippen molar-refractivity contribution in [1.29, 1.82) is 0 Å². The molecule has 1 aromatic carbocycles. The van der Waals surface area contributed by atoms with Crippen LogP contribution in [0.4, 0.5) is 29.2 Å². The number of aryl methyl sites for hydroxylation is 1. The zero-order valence-electron chi connectivity index (χ0n) is 54.0. The van der Waals surface area contributed by atoms with Crippen LogP contribution in [-0.4, -0.2) is 84.5 Å². The highest BCUT2D eigenvalue weighted by atomic mass is 32.2. The number of pyridine rings is 2. The number of carbonyl (C=O) groups excluding carboxylic acids is 2. The fraction of sp³-hybridized carbons (Fsp3) is 0.412. The quantitative estimate of drug-likeness (QED) is 0.0770. The number of esters is 2. The van der Waals surface area contributed by atoms with Gasteiger partial charge in [-0.25, -0.2) is 59.9 Å². The van der Waals surface area contributed by atoms with Crippen LogP contribution in [0, 0.1) is 65.6 Å². The van der Waals surface area contributed by atoms with Crippen LogP contribution in [-0.2, 0) is 29.1 Å². The van der Waals surface area contributed by atoms with Gasteiger partial charge in [-0.3, -0.25) is 9.59 Å². The summed E-state index contributed by atoms with van der Waals surface area (Å²) in [6, 6.07) is 4.07. The minimum Gasteiger partial charge on any atom is -0.466 e. The third-order valence-corrected chi connectivity index (χ3v) is 13.5. The number of hydrogen-bond donors (Lipinski definition) is 3. The molecule has 13 rings (SSSR count). The molecular weight excluding hydrogens is 957 g/mol. The van der Waals surface area contributed by atoms with E-state index in [1.165, 1.54) is 32.2 Å². The van der Waals surface area contributed by atoms with Gasteiger partial charge in [0, 0.05) is 68.3 Å². The van der Waals surface area contributed by atoms with Gasteiger partial charge in [0.25, 0.3) is 10.0 Å². The zero-order chi connectivity index (χ0) is 64.8. The molecule has 8 unspecified atom stereocenters. The maximum Gasteiger partial charge on any atom is 0.311 e. The summed E-state index contributed by atoms with van der Waals surface area (Å²) < 4.78 is 236. The molecule has 72 heavy (non-hydrogen) atoms. The number of fused-ring (bicyclic) bond motifs is 8. The SMILES string of the molecule is [2H]C1C([2H])C2([2H])[C@H](C(=O)OCC)[C@@H](Nc3nc(-c4c[nH]c5ncc(F)cc45)ncc3F)C1([2H])C([2H])([2H])C2([2H])[2H].[2H]C1C([2H])C2([2H])[C@H](C(=O)OCC)[C@@H](Nc3nc(-c4cn(S(=O)(=O)c5ccc(C)cc5)c5ncc(F)cc45)ncc3F)C1([2H])C([2H])([2H])C2([2H])[2H]. The highest BCUT2D eigenvalue weighted by Gasteiger charge is 2.49. The van der Waals surface area contributed by atoms with Crippen molar-refractivity contribution in [3.05, 3.63) is 102 Å². The van der Waals surface area contributed by atoms with Gasteiger partial charge in [-0.05, 0) is 120 Å². The van der Waals surface area contributed by atoms with Gasteiger partial charge in [0.15, 0.2) is 40.6 Å². The Kier molecular flexibility index (Phi) is 9.07. The van der Waals surface area contributed by atoms with E-state index in [1.807, 2.05) is 0 Å². The number of hydrogen-bond acceptors (Lipinski definition) is 14. The summed E-state index contributed by atoms with van der Waals surface area (Å²) in [7, 11) is -4.33. The Hall–Kier alpha value is -7.03. The van der Waals surface area contributed by atoms with Crippen molar-refractivity contribution in [2.24, 2.45) is 35.4 Å². The van der Waals surface area contributed by atoms with Crippen LogP contribution in [0.15, 0.2) is 78.5 Å². The Balaban J connectivity index is 0.000000199. The van der Waals surface area contributed by atoms with E-state index in [0.717, 1.165) is 46.5 Å². The Labute approximate surface area is 434 Å². The number of ether oxygens (including phenoxy) is 2. The summed E-state index contributed by atoms with van der Waals surface area (Å²) in [4.78, 5) is 53.1. The van der Waals surface area contributed by atoms with Crippen molar-refractivity contribution in [3.8, 4) is 22.8 Å². The molecule has 6 aromatic heterocycles. The van der Waals surface area contributed by atoms with Crippen molar-refractivity contribution in [2.45, 2.75) is 88.8 Å². The van der Waals surface area contributed by atoms with Gasteiger partial charge in [0.1, 0.15) is 17.3 Å². The molecule has 4 bridgehead atoms. The fourth-order valence-corrected chi connectivity index (χ4v) is 9.79. The van der Waals surface area contributed by atoms with E-state index in [2.05, 4.69) is 45.5 Å². The second kappa shape index (κ2) is 19.9. The van der Waals surface area contributed by atoms with Crippen molar-refractivity contribution in [3.63, 3.8) is 0 Å². The molecule has 0 amide bonds. The number of rotatable bonds is 12. The number of anilines is 2. The molecular formula is C51H52F4N10O6S. The number of carbonyl (C=O) groups is 2. The van der Waals surface area contributed by atoms with Crippen molar-refractivity contribution in [1.82, 2.24) is 38.9 Å². The smallest absolute Gasteiger partial charge is 0.311 e. The van der Waals surface area contributed by atoms with Gasteiger partial charge in [0.05, 0.1) is 54.7 Å². The lowest BCUT2D eigenvalue weighted by Crippen LogP contribution is -2.52. The number of aromatic amines is 1. The topological polar surface area (TPSA) is 209 Å².